The molecule has 1 aromatic heterocycles. The van der Waals surface area contributed by atoms with Gasteiger partial charge in [-0.2, -0.15) is 0 Å². The first-order valence-corrected chi connectivity index (χ1v) is 11.7. The Labute approximate surface area is 196 Å². The van der Waals surface area contributed by atoms with E-state index in [2.05, 4.69) is 65.3 Å². The zero-order chi connectivity index (χ0) is 23.2. The average Bonchev–Trinajstić information content (AvgIpc) is 2.83. The van der Waals surface area contributed by atoms with Crippen molar-refractivity contribution in [3.05, 3.63) is 89.7 Å². The summed E-state index contributed by atoms with van der Waals surface area (Å²) < 4.78 is 0. The van der Waals surface area contributed by atoms with Crippen LogP contribution in [-0.4, -0.2) is 65.1 Å². The molecule has 1 amide bonds. The van der Waals surface area contributed by atoms with Crippen molar-refractivity contribution in [1.82, 2.24) is 14.8 Å². The van der Waals surface area contributed by atoms with Gasteiger partial charge in [0.15, 0.2) is 0 Å². The van der Waals surface area contributed by atoms with E-state index in [1.807, 2.05) is 7.05 Å². The Hall–Kier alpha value is -3.02. The van der Waals surface area contributed by atoms with Gasteiger partial charge in [-0.3, -0.25) is 14.7 Å². The second-order valence-corrected chi connectivity index (χ2v) is 9.01. The molecule has 0 aliphatic carbocycles. The molecule has 1 aliphatic rings. The number of benzene rings is 2. The van der Waals surface area contributed by atoms with Gasteiger partial charge in [-0.25, -0.2) is 0 Å². The molecule has 5 nitrogen and oxygen atoms in total. The normalized spacial score (nSPS) is 18.0. The topological polar surface area (TPSA) is 56.7 Å². The zero-order valence-corrected chi connectivity index (χ0v) is 19.5. The first kappa shape index (κ1) is 23.1. The summed E-state index contributed by atoms with van der Waals surface area (Å²) in [6.45, 7) is 4.93. The van der Waals surface area contributed by atoms with Gasteiger partial charge in [0.25, 0.3) is 5.91 Å². The second-order valence-electron chi connectivity index (χ2n) is 9.01. The monoisotopic (exact) mass is 443 g/mol. The van der Waals surface area contributed by atoms with Crippen LogP contribution in [0.1, 0.15) is 40.2 Å². The fourth-order valence-electron chi connectivity index (χ4n) is 4.68. The molecule has 2 heterocycles. The molecule has 0 bridgehead atoms. The van der Waals surface area contributed by atoms with Crippen LogP contribution in [-0.2, 0) is 0 Å². The van der Waals surface area contributed by atoms with Gasteiger partial charge in [0.2, 0.25) is 0 Å². The van der Waals surface area contributed by atoms with Crippen LogP contribution in [0.3, 0.4) is 0 Å². The van der Waals surface area contributed by atoms with Crippen molar-refractivity contribution >= 4 is 5.91 Å². The first-order valence-electron chi connectivity index (χ1n) is 11.7. The minimum Gasteiger partial charge on any atom is -0.395 e. The van der Waals surface area contributed by atoms with Crippen LogP contribution in [0, 0.1) is 6.92 Å². The molecule has 0 saturated carbocycles. The van der Waals surface area contributed by atoms with Gasteiger partial charge in [0, 0.05) is 50.1 Å². The fourth-order valence-corrected chi connectivity index (χ4v) is 4.68. The van der Waals surface area contributed by atoms with E-state index in [0.29, 0.717) is 11.5 Å². The number of unbranched alkanes of at least 4 members (excludes halogenated alkanes) is 1. The maximum atomic E-state index is 12.4. The minimum absolute atomic E-state index is 0.0313. The lowest BCUT2D eigenvalue weighted by Crippen LogP contribution is -2.56. The summed E-state index contributed by atoms with van der Waals surface area (Å²) >= 11 is 0. The Morgan fingerprint density at radius 2 is 1.82 bits per heavy atom. The van der Waals surface area contributed by atoms with Crippen LogP contribution in [0.5, 0.6) is 0 Å². The van der Waals surface area contributed by atoms with Gasteiger partial charge in [0.1, 0.15) is 0 Å². The third kappa shape index (κ3) is 5.49. The van der Waals surface area contributed by atoms with Gasteiger partial charge < -0.3 is 10.0 Å². The van der Waals surface area contributed by atoms with Crippen molar-refractivity contribution in [2.24, 2.45) is 0 Å². The molecular weight excluding hydrogens is 410 g/mol. The van der Waals surface area contributed by atoms with Gasteiger partial charge >= 0.3 is 0 Å². The number of rotatable bonds is 9. The first-order chi connectivity index (χ1) is 16.1. The maximum Gasteiger partial charge on any atom is 0.253 e. The molecular formula is C28H33N3O2. The van der Waals surface area contributed by atoms with Gasteiger partial charge in [0.05, 0.1) is 6.61 Å². The van der Waals surface area contributed by atoms with Crippen molar-refractivity contribution in [3.8, 4) is 11.1 Å². The zero-order valence-electron chi connectivity index (χ0n) is 19.5. The number of amides is 1. The predicted molar refractivity (Wildman–Crippen MR) is 132 cm³/mol. The summed E-state index contributed by atoms with van der Waals surface area (Å²) in [6.07, 6.45) is 5.24. The second kappa shape index (κ2) is 10.7. The quantitative estimate of drug-likeness (QED) is 0.499. The number of aromatic nitrogens is 1. The van der Waals surface area contributed by atoms with Gasteiger partial charge in [-0.05, 0) is 55.1 Å². The molecule has 172 valence electrons. The highest BCUT2D eigenvalue weighted by atomic mass is 16.3. The molecule has 5 heteroatoms. The molecule has 0 radical (unpaired) electrons. The van der Waals surface area contributed by atoms with Crippen molar-refractivity contribution < 1.29 is 9.90 Å². The van der Waals surface area contributed by atoms with Crippen LogP contribution in [0.25, 0.3) is 11.1 Å². The standard InChI is InChI=1S/C28H33N3O2/c1-21-6-5-7-25(18-21)22-8-10-23(11-9-22)26-19-31(27(26)20-32)17-4-3-16-30(2)28(33)24-12-14-29-15-13-24/h5-15,18,26-27,32H,3-4,16-17,19-20H2,1-2H3/t26-,27+/m0/s1. The van der Waals surface area contributed by atoms with E-state index in [0.717, 1.165) is 32.5 Å². The number of aryl methyl sites for hydroxylation is 1. The number of hydrogen-bond donors (Lipinski definition) is 1. The molecule has 0 spiro atoms. The summed E-state index contributed by atoms with van der Waals surface area (Å²) in [6, 6.07) is 21.0. The van der Waals surface area contributed by atoms with E-state index < -0.39 is 0 Å². The largest absolute Gasteiger partial charge is 0.395 e. The third-order valence-electron chi connectivity index (χ3n) is 6.70. The lowest BCUT2D eigenvalue weighted by atomic mass is 9.82. The number of likely N-dealkylation sites (tertiary alicyclic amines) is 1. The molecule has 2 aromatic carbocycles. The van der Waals surface area contributed by atoms with Crippen LogP contribution in [0.2, 0.25) is 0 Å². The van der Waals surface area contributed by atoms with Crippen molar-refractivity contribution in [2.45, 2.75) is 31.7 Å². The number of hydrogen-bond acceptors (Lipinski definition) is 4. The smallest absolute Gasteiger partial charge is 0.253 e. The highest BCUT2D eigenvalue weighted by Gasteiger charge is 2.38. The highest BCUT2D eigenvalue weighted by Crippen LogP contribution is 2.35. The van der Waals surface area contributed by atoms with Gasteiger partial charge in [-0.1, -0.05) is 54.1 Å². The number of carbonyl (C=O) groups is 1. The lowest BCUT2D eigenvalue weighted by molar-refractivity contribution is 0.0157. The van der Waals surface area contributed by atoms with Crippen LogP contribution in [0.15, 0.2) is 73.1 Å². The molecule has 4 rings (SSSR count). The molecule has 0 unspecified atom stereocenters. The van der Waals surface area contributed by atoms with E-state index in [-0.39, 0.29) is 18.6 Å². The molecule has 33 heavy (non-hydrogen) atoms. The maximum absolute atomic E-state index is 12.4. The number of aliphatic hydroxyl groups is 1. The average molecular weight is 444 g/mol. The SMILES string of the molecule is Cc1cccc(-c2ccc([C@@H]3CN(CCCCN(C)C(=O)c4ccncc4)[C@@H]3CO)cc2)c1. The highest BCUT2D eigenvalue weighted by molar-refractivity contribution is 5.93. The summed E-state index contributed by atoms with van der Waals surface area (Å²) in [4.78, 5) is 20.5. The van der Waals surface area contributed by atoms with Crippen LogP contribution < -0.4 is 0 Å². The van der Waals surface area contributed by atoms with Crippen molar-refractivity contribution in [3.63, 3.8) is 0 Å². The Kier molecular flexibility index (Phi) is 7.53. The summed E-state index contributed by atoms with van der Waals surface area (Å²) in [7, 11) is 1.85. The molecule has 1 aliphatic heterocycles. The van der Waals surface area contributed by atoms with Crippen LogP contribution in [0.4, 0.5) is 0 Å². The van der Waals surface area contributed by atoms with Crippen molar-refractivity contribution in [2.75, 3.05) is 33.3 Å². The minimum atomic E-state index is 0.0313. The predicted octanol–water partition coefficient (Wildman–Crippen LogP) is 4.37. The molecule has 3 aromatic rings. The number of aliphatic hydroxyl groups excluding tert-OH is 1. The van der Waals surface area contributed by atoms with Gasteiger partial charge in [-0.15, -0.1) is 0 Å². The van der Waals surface area contributed by atoms with E-state index in [9.17, 15) is 9.90 Å². The summed E-state index contributed by atoms with van der Waals surface area (Å²) in [5.41, 5.74) is 5.70. The Balaban J connectivity index is 1.24. The van der Waals surface area contributed by atoms with Crippen molar-refractivity contribution in [1.29, 1.82) is 0 Å². The van der Waals surface area contributed by atoms with E-state index in [4.69, 9.17) is 0 Å². The molecule has 1 saturated heterocycles. The molecule has 1 N–H and O–H groups in total. The van der Waals surface area contributed by atoms with E-state index in [1.54, 1.807) is 29.4 Å². The third-order valence-corrected chi connectivity index (χ3v) is 6.70. The summed E-state index contributed by atoms with van der Waals surface area (Å²) in [5.74, 6) is 0.404. The molecule has 2 atom stereocenters. The number of pyridine rings is 1. The Morgan fingerprint density at radius 3 is 2.52 bits per heavy atom. The number of carbonyl (C=O) groups excluding carboxylic acids is 1. The number of nitrogens with zero attached hydrogens (tertiary/aromatic N) is 3. The Morgan fingerprint density at radius 1 is 1.06 bits per heavy atom. The lowest BCUT2D eigenvalue weighted by Gasteiger charge is -2.48. The van der Waals surface area contributed by atoms with E-state index in [1.165, 1.54) is 22.3 Å². The molecule has 1 fully saturated rings. The van der Waals surface area contributed by atoms with E-state index >= 15 is 0 Å². The fraction of sp³-hybridized carbons (Fsp3) is 0.357. The Bertz CT molecular complexity index is 1050. The van der Waals surface area contributed by atoms with Crippen LogP contribution >= 0.6 is 0 Å². The summed E-state index contributed by atoms with van der Waals surface area (Å²) in [5, 5.41) is 10.00.